The molecule has 0 atom stereocenters. The van der Waals surface area contributed by atoms with Crippen LogP contribution >= 0.6 is 0 Å². The first kappa shape index (κ1) is 21.7. The minimum Gasteiger partial charge on any atom is -0.497 e. The number of hydrogen-bond donors (Lipinski definition) is 0. The smallest absolute Gasteiger partial charge is 0.325 e. The van der Waals surface area contributed by atoms with Crippen molar-refractivity contribution in [2.75, 3.05) is 27.9 Å². The highest BCUT2D eigenvalue weighted by Crippen LogP contribution is 2.25. The fourth-order valence-corrected chi connectivity index (χ4v) is 2.77. The summed E-state index contributed by atoms with van der Waals surface area (Å²) in [6.45, 7) is 1.34. The normalized spacial score (nSPS) is 10.2. The summed E-state index contributed by atoms with van der Waals surface area (Å²) in [5.41, 5.74) is 1.17. The zero-order valence-corrected chi connectivity index (χ0v) is 16.6. The maximum absolute atomic E-state index is 13.0. The lowest BCUT2D eigenvalue weighted by Crippen LogP contribution is -2.35. The number of ether oxygens (including phenoxy) is 3. The van der Waals surface area contributed by atoms with Gasteiger partial charge >= 0.3 is 5.97 Å². The number of carbonyl (C=O) groups excluding carboxylic acids is 2. The Bertz CT molecular complexity index is 905. The van der Waals surface area contributed by atoms with E-state index in [1.54, 1.807) is 25.1 Å². The molecule has 0 bridgehead atoms. The Balaban J connectivity index is 2.37. The van der Waals surface area contributed by atoms with E-state index in [1.165, 1.54) is 44.4 Å². The van der Waals surface area contributed by atoms with Crippen LogP contribution in [0.3, 0.4) is 0 Å². The van der Waals surface area contributed by atoms with Crippen LogP contribution in [0.1, 0.15) is 21.5 Å². The summed E-state index contributed by atoms with van der Waals surface area (Å²) in [7, 11) is 4.25. The van der Waals surface area contributed by atoms with Crippen molar-refractivity contribution in [3.8, 4) is 11.5 Å². The number of hydrogen-bond acceptors (Lipinski definition) is 7. The Morgan fingerprint density at radius 2 is 1.66 bits per heavy atom. The lowest BCUT2D eigenvalue weighted by molar-refractivity contribution is -0.385. The summed E-state index contributed by atoms with van der Waals surface area (Å²) in [4.78, 5) is 36.7. The molecule has 29 heavy (non-hydrogen) atoms. The van der Waals surface area contributed by atoms with E-state index in [4.69, 9.17) is 14.2 Å². The topological polar surface area (TPSA) is 108 Å². The van der Waals surface area contributed by atoms with Crippen LogP contribution < -0.4 is 9.47 Å². The van der Waals surface area contributed by atoms with Gasteiger partial charge in [0.2, 0.25) is 0 Å². The van der Waals surface area contributed by atoms with Gasteiger partial charge in [-0.2, -0.15) is 0 Å². The summed E-state index contributed by atoms with van der Waals surface area (Å²) in [6.07, 6.45) is 0. The highest BCUT2D eigenvalue weighted by atomic mass is 16.6. The quantitative estimate of drug-likeness (QED) is 0.379. The number of amides is 1. The predicted molar refractivity (Wildman–Crippen MR) is 104 cm³/mol. The van der Waals surface area contributed by atoms with Gasteiger partial charge < -0.3 is 19.1 Å². The second-order valence-electron chi connectivity index (χ2n) is 6.22. The van der Waals surface area contributed by atoms with Gasteiger partial charge in [-0.25, -0.2) is 0 Å². The molecule has 0 unspecified atom stereocenters. The minimum absolute atomic E-state index is 0.0809. The van der Waals surface area contributed by atoms with Crippen LogP contribution in [0.5, 0.6) is 11.5 Å². The molecule has 2 aromatic carbocycles. The minimum atomic E-state index is -0.591. The Hall–Kier alpha value is -3.62. The van der Waals surface area contributed by atoms with Crippen molar-refractivity contribution in [1.29, 1.82) is 0 Å². The molecule has 0 aromatic heterocycles. The fourth-order valence-electron chi connectivity index (χ4n) is 2.77. The van der Waals surface area contributed by atoms with Crippen LogP contribution in [0.15, 0.2) is 36.4 Å². The fraction of sp³-hybridized carbons (Fsp3) is 0.300. The number of rotatable bonds is 8. The van der Waals surface area contributed by atoms with E-state index in [0.29, 0.717) is 22.6 Å². The number of nitro groups is 1. The number of nitrogens with zero attached hydrogens (tertiary/aromatic N) is 2. The average Bonchev–Trinajstić information content (AvgIpc) is 2.71. The zero-order chi connectivity index (χ0) is 21.6. The van der Waals surface area contributed by atoms with E-state index in [1.807, 2.05) is 0 Å². The van der Waals surface area contributed by atoms with Gasteiger partial charge in [-0.15, -0.1) is 0 Å². The second kappa shape index (κ2) is 9.54. The molecule has 1 amide bonds. The first-order valence-electron chi connectivity index (χ1n) is 8.62. The molecule has 0 saturated carbocycles. The molecular weight excluding hydrogens is 380 g/mol. The summed E-state index contributed by atoms with van der Waals surface area (Å²) >= 11 is 0. The van der Waals surface area contributed by atoms with E-state index in [2.05, 4.69) is 0 Å². The van der Waals surface area contributed by atoms with Crippen molar-refractivity contribution >= 4 is 17.6 Å². The third-order valence-electron chi connectivity index (χ3n) is 4.26. The lowest BCUT2D eigenvalue weighted by Gasteiger charge is -2.22. The molecule has 0 aliphatic rings. The third-order valence-corrected chi connectivity index (χ3v) is 4.26. The highest BCUT2D eigenvalue weighted by Gasteiger charge is 2.22. The highest BCUT2D eigenvalue weighted by molar-refractivity contribution is 5.96. The third kappa shape index (κ3) is 5.44. The van der Waals surface area contributed by atoms with Gasteiger partial charge in [0.05, 0.1) is 26.3 Å². The first-order valence-corrected chi connectivity index (χ1v) is 8.62. The molecular formula is C20H22N2O7. The number of methoxy groups -OCH3 is 3. The summed E-state index contributed by atoms with van der Waals surface area (Å²) in [6, 6.07) is 9.20. The lowest BCUT2D eigenvalue weighted by atomic mass is 10.1. The van der Waals surface area contributed by atoms with Crippen molar-refractivity contribution in [3.05, 3.63) is 63.2 Å². The van der Waals surface area contributed by atoms with Gasteiger partial charge in [0.15, 0.2) is 0 Å². The van der Waals surface area contributed by atoms with Crippen molar-refractivity contribution in [2.24, 2.45) is 0 Å². The van der Waals surface area contributed by atoms with E-state index < -0.39 is 16.8 Å². The van der Waals surface area contributed by atoms with Crippen LogP contribution in [0, 0.1) is 17.0 Å². The monoisotopic (exact) mass is 402 g/mol. The maximum atomic E-state index is 13.0. The standard InChI is InChI=1S/C20H22N2O7/c1-13-7-15(5-6-18(13)22(25)26)20(24)21(12-19(23)29-4)11-14-8-16(27-2)10-17(9-14)28-3/h5-10H,11-12H2,1-4H3. The molecule has 2 aromatic rings. The molecule has 9 heteroatoms. The Morgan fingerprint density at radius 1 is 1.03 bits per heavy atom. The van der Waals surface area contributed by atoms with Crippen LogP contribution in [-0.4, -0.2) is 49.6 Å². The first-order chi connectivity index (χ1) is 13.8. The number of benzene rings is 2. The van der Waals surface area contributed by atoms with Gasteiger partial charge in [0, 0.05) is 29.8 Å². The number of esters is 1. The largest absolute Gasteiger partial charge is 0.497 e. The maximum Gasteiger partial charge on any atom is 0.325 e. The summed E-state index contributed by atoms with van der Waals surface area (Å²) < 4.78 is 15.2. The average molecular weight is 402 g/mol. The van der Waals surface area contributed by atoms with Gasteiger partial charge in [0.25, 0.3) is 11.6 Å². The van der Waals surface area contributed by atoms with Crippen molar-refractivity contribution in [1.82, 2.24) is 4.90 Å². The molecule has 0 radical (unpaired) electrons. The predicted octanol–water partition coefficient (Wildman–Crippen LogP) is 2.74. The molecule has 0 fully saturated rings. The summed E-state index contributed by atoms with van der Waals surface area (Å²) in [5, 5.41) is 11.0. The number of aryl methyl sites for hydroxylation is 1. The van der Waals surface area contributed by atoms with Crippen LogP contribution in [0.2, 0.25) is 0 Å². The molecule has 2 rings (SSSR count). The second-order valence-corrected chi connectivity index (χ2v) is 6.22. The molecule has 0 saturated heterocycles. The van der Waals surface area contributed by atoms with Gasteiger partial charge in [-0.1, -0.05) is 0 Å². The van der Waals surface area contributed by atoms with Crippen molar-refractivity contribution in [3.63, 3.8) is 0 Å². The van der Waals surface area contributed by atoms with Crippen molar-refractivity contribution in [2.45, 2.75) is 13.5 Å². The molecule has 0 heterocycles. The molecule has 0 aliphatic carbocycles. The van der Waals surface area contributed by atoms with E-state index >= 15 is 0 Å². The molecule has 0 spiro atoms. The van der Waals surface area contributed by atoms with Gasteiger partial charge in [-0.3, -0.25) is 19.7 Å². The molecule has 9 nitrogen and oxygen atoms in total. The number of nitro benzene ring substituents is 1. The molecule has 0 aliphatic heterocycles. The van der Waals surface area contributed by atoms with E-state index in [-0.39, 0.29) is 24.3 Å². The Kier molecular flexibility index (Phi) is 7.13. The van der Waals surface area contributed by atoms with E-state index in [0.717, 1.165) is 0 Å². The van der Waals surface area contributed by atoms with E-state index in [9.17, 15) is 19.7 Å². The Morgan fingerprint density at radius 3 is 2.14 bits per heavy atom. The van der Waals surface area contributed by atoms with Crippen LogP contribution in [-0.2, 0) is 16.1 Å². The Labute approximate surface area is 167 Å². The van der Waals surface area contributed by atoms with Crippen molar-refractivity contribution < 1.29 is 28.7 Å². The van der Waals surface area contributed by atoms with Crippen LogP contribution in [0.25, 0.3) is 0 Å². The van der Waals surface area contributed by atoms with Crippen LogP contribution in [0.4, 0.5) is 5.69 Å². The molecule has 154 valence electrons. The van der Waals surface area contributed by atoms with Gasteiger partial charge in [0.1, 0.15) is 18.0 Å². The van der Waals surface area contributed by atoms with Gasteiger partial charge in [-0.05, 0) is 36.8 Å². The zero-order valence-electron chi connectivity index (χ0n) is 16.6. The molecule has 0 N–H and O–H groups in total. The SMILES string of the molecule is COC(=O)CN(Cc1cc(OC)cc(OC)c1)C(=O)c1ccc([N+](=O)[O-])c(C)c1. The summed E-state index contributed by atoms with van der Waals surface area (Å²) in [5.74, 6) is 0.0222. The number of carbonyl (C=O) groups is 2.